The highest BCUT2D eigenvalue weighted by Gasteiger charge is 2.29. The highest BCUT2D eigenvalue weighted by molar-refractivity contribution is 9.10. The Hall–Kier alpha value is -1.36. The summed E-state index contributed by atoms with van der Waals surface area (Å²) in [4.78, 5) is 8.91. The van der Waals surface area contributed by atoms with Crippen LogP contribution < -0.4 is 5.73 Å². The lowest BCUT2D eigenvalue weighted by atomic mass is 10.2. The lowest BCUT2D eigenvalue weighted by Gasteiger charge is -2.07. The molecule has 17 heavy (non-hydrogen) atoms. The van der Waals surface area contributed by atoms with Gasteiger partial charge in [-0.25, -0.2) is 9.97 Å². The van der Waals surface area contributed by atoms with E-state index in [0.29, 0.717) is 17.6 Å². The van der Waals surface area contributed by atoms with Crippen LogP contribution in [0.5, 0.6) is 0 Å². The quantitative estimate of drug-likeness (QED) is 0.923. The molecular formula is C12H12BrN3O. The lowest BCUT2D eigenvalue weighted by Crippen LogP contribution is -2.02. The molecule has 0 radical (unpaired) electrons. The Kier molecular flexibility index (Phi) is 2.43. The second-order valence-corrected chi connectivity index (χ2v) is 5.09. The zero-order valence-electron chi connectivity index (χ0n) is 9.40. The molecule has 0 aliphatic heterocycles. The number of nitrogens with zero attached hydrogens (tertiary/aromatic N) is 2. The van der Waals surface area contributed by atoms with Crippen LogP contribution in [0.25, 0.3) is 11.4 Å². The molecule has 5 heteroatoms. The summed E-state index contributed by atoms with van der Waals surface area (Å²) in [5.41, 5.74) is 7.84. The number of halogens is 1. The molecule has 1 saturated carbocycles. The fourth-order valence-corrected chi connectivity index (χ4v) is 2.35. The molecule has 0 spiro atoms. The fraction of sp³-hybridized carbons (Fsp3) is 0.333. The van der Waals surface area contributed by atoms with Gasteiger partial charge in [0.05, 0.1) is 22.0 Å². The Labute approximate surface area is 107 Å². The predicted octanol–water partition coefficient (Wildman–Crippen LogP) is 3.27. The van der Waals surface area contributed by atoms with Gasteiger partial charge in [-0.15, -0.1) is 0 Å². The fourth-order valence-electron chi connectivity index (χ4n) is 1.85. The number of furan rings is 1. The topological polar surface area (TPSA) is 64.9 Å². The van der Waals surface area contributed by atoms with Gasteiger partial charge in [0.15, 0.2) is 5.82 Å². The molecule has 1 aliphatic rings. The van der Waals surface area contributed by atoms with Crippen molar-refractivity contribution in [2.24, 2.45) is 0 Å². The summed E-state index contributed by atoms with van der Waals surface area (Å²) < 4.78 is 6.11. The molecule has 0 amide bonds. The summed E-state index contributed by atoms with van der Waals surface area (Å²) in [6.45, 7) is 1.90. The predicted molar refractivity (Wildman–Crippen MR) is 68.6 cm³/mol. The molecule has 1 fully saturated rings. The van der Waals surface area contributed by atoms with Crippen LogP contribution in [-0.2, 0) is 0 Å². The van der Waals surface area contributed by atoms with E-state index in [-0.39, 0.29) is 0 Å². The summed E-state index contributed by atoms with van der Waals surface area (Å²) in [5.74, 6) is 2.49. The van der Waals surface area contributed by atoms with Crippen LogP contribution in [0.15, 0.2) is 21.2 Å². The average Bonchev–Trinajstić information content (AvgIpc) is 3.05. The molecular weight excluding hydrogens is 282 g/mol. The van der Waals surface area contributed by atoms with E-state index in [1.54, 1.807) is 6.26 Å². The van der Waals surface area contributed by atoms with Gasteiger partial charge >= 0.3 is 0 Å². The number of aryl methyl sites for hydroxylation is 1. The number of anilines is 1. The van der Waals surface area contributed by atoms with E-state index in [2.05, 4.69) is 25.9 Å². The third-order valence-electron chi connectivity index (χ3n) is 2.97. The normalized spacial score (nSPS) is 15.2. The van der Waals surface area contributed by atoms with E-state index >= 15 is 0 Å². The minimum absolute atomic E-state index is 0.498. The first-order chi connectivity index (χ1) is 8.16. The third-order valence-corrected chi connectivity index (χ3v) is 3.78. The maximum absolute atomic E-state index is 5.91. The minimum atomic E-state index is 0.498. The Morgan fingerprint density at radius 1 is 1.41 bits per heavy atom. The minimum Gasteiger partial charge on any atom is -0.469 e. The molecule has 0 aromatic carbocycles. The maximum Gasteiger partial charge on any atom is 0.165 e. The molecule has 0 saturated heterocycles. The first-order valence-corrected chi connectivity index (χ1v) is 6.33. The second-order valence-electron chi connectivity index (χ2n) is 4.30. The van der Waals surface area contributed by atoms with Gasteiger partial charge in [-0.1, -0.05) is 0 Å². The van der Waals surface area contributed by atoms with E-state index in [1.165, 1.54) is 12.8 Å². The Bertz CT molecular complexity index is 575. The number of hydrogen-bond donors (Lipinski definition) is 1. The van der Waals surface area contributed by atoms with Crippen LogP contribution in [-0.4, -0.2) is 9.97 Å². The molecule has 2 N–H and O–H groups in total. The monoisotopic (exact) mass is 293 g/mol. The molecule has 2 aromatic rings. The zero-order chi connectivity index (χ0) is 12.0. The highest BCUT2D eigenvalue weighted by Crippen LogP contribution is 2.44. The van der Waals surface area contributed by atoms with Crippen molar-refractivity contribution < 1.29 is 4.42 Å². The number of hydrogen-bond acceptors (Lipinski definition) is 4. The summed E-state index contributed by atoms with van der Waals surface area (Å²) in [6.07, 6.45) is 4.00. The Morgan fingerprint density at radius 3 is 2.76 bits per heavy atom. The van der Waals surface area contributed by atoms with Gasteiger partial charge in [0.1, 0.15) is 11.6 Å². The summed E-state index contributed by atoms with van der Waals surface area (Å²) in [6, 6.07) is 1.87. The number of rotatable bonds is 2. The smallest absolute Gasteiger partial charge is 0.165 e. The number of nitrogens with two attached hydrogens (primary N) is 1. The summed E-state index contributed by atoms with van der Waals surface area (Å²) in [7, 11) is 0. The molecule has 2 aromatic heterocycles. The van der Waals surface area contributed by atoms with Gasteiger partial charge in [-0.05, 0) is 41.8 Å². The van der Waals surface area contributed by atoms with E-state index in [1.807, 2.05) is 13.0 Å². The third kappa shape index (κ3) is 1.84. The van der Waals surface area contributed by atoms with Crippen molar-refractivity contribution in [3.63, 3.8) is 0 Å². The van der Waals surface area contributed by atoms with Crippen LogP contribution in [0.3, 0.4) is 0 Å². The van der Waals surface area contributed by atoms with Gasteiger partial charge in [0.2, 0.25) is 0 Å². The van der Waals surface area contributed by atoms with E-state index in [9.17, 15) is 0 Å². The van der Waals surface area contributed by atoms with Crippen LogP contribution in [0.4, 0.5) is 5.82 Å². The molecule has 0 bridgehead atoms. The average molecular weight is 294 g/mol. The van der Waals surface area contributed by atoms with Crippen LogP contribution >= 0.6 is 15.9 Å². The first kappa shape index (κ1) is 10.8. The second kappa shape index (κ2) is 3.84. The van der Waals surface area contributed by atoms with E-state index < -0.39 is 0 Å². The summed E-state index contributed by atoms with van der Waals surface area (Å²) in [5, 5.41) is 0. The van der Waals surface area contributed by atoms with Crippen molar-refractivity contribution in [2.45, 2.75) is 25.7 Å². The Balaban J connectivity index is 2.15. The molecule has 1 aliphatic carbocycles. The maximum atomic E-state index is 5.91. The van der Waals surface area contributed by atoms with Gasteiger partial charge in [-0.3, -0.25) is 0 Å². The number of aromatic nitrogens is 2. The zero-order valence-corrected chi connectivity index (χ0v) is 11.0. The first-order valence-electron chi connectivity index (χ1n) is 5.54. The van der Waals surface area contributed by atoms with Crippen LogP contribution in [0.1, 0.15) is 30.2 Å². The highest BCUT2D eigenvalue weighted by atomic mass is 79.9. The van der Waals surface area contributed by atoms with Crippen LogP contribution in [0, 0.1) is 6.92 Å². The molecule has 4 nitrogen and oxygen atoms in total. The largest absolute Gasteiger partial charge is 0.469 e. The van der Waals surface area contributed by atoms with Gasteiger partial charge in [0.25, 0.3) is 0 Å². The number of nitrogen functional groups attached to an aromatic ring is 1. The van der Waals surface area contributed by atoms with Gasteiger partial charge in [-0.2, -0.15) is 0 Å². The van der Waals surface area contributed by atoms with Gasteiger partial charge in [0, 0.05) is 5.92 Å². The summed E-state index contributed by atoms with van der Waals surface area (Å²) >= 11 is 3.46. The standard InChI is InChI=1S/C12H12BrN3O/c1-6-8(4-5-17-6)12-15-10(7-2-3-7)9(13)11(14)16-12/h4-5,7H,2-3H2,1H3,(H2,14,15,16). The van der Waals surface area contributed by atoms with Crippen molar-refractivity contribution in [1.29, 1.82) is 0 Å². The lowest BCUT2D eigenvalue weighted by molar-refractivity contribution is 0.535. The SMILES string of the molecule is Cc1occc1-c1nc(N)c(Br)c(C2CC2)n1. The van der Waals surface area contributed by atoms with E-state index in [4.69, 9.17) is 10.2 Å². The van der Waals surface area contributed by atoms with Crippen molar-refractivity contribution in [1.82, 2.24) is 9.97 Å². The Morgan fingerprint density at radius 2 is 2.18 bits per heavy atom. The molecule has 2 heterocycles. The van der Waals surface area contributed by atoms with E-state index in [0.717, 1.165) is 21.5 Å². The molecule has 3 rings (SSSR count). The van der Waals surface area contributed by atoms with Crippen LogP contribution in [0.2, 0.25) is 0 Å². The molecule has 0 unspecified atom stereocenters. The molecule has 0 atom stereocenters. The van der Waals surface area contributed by atoms with Crippen molar-refractivity contribution in [3.8, 4) is 11.4 Å². The van der Waals surface area contributed by atoms with Crippen molar-refractivity contribution in [2.75, 3.05) is 5.73 Å². The molecule has 88 valence electrons. The van der Waals surface area contributed by atoms with Gasteiger partial charge < -0.3 is 10.2 Å². The van der Waals surface area contributed by atoms with Crippen molar-refractivity contribution >= 4 is 21.7 Å². The van der Waals surface area contributed by atoms with Crippen molar-refractivity contribution in [3.05, 3.63) is 28.3 Å².